The number of aromatic amines is 1. The van der Waals surface area contributed by atoms with Gasteiger partial charge in [0.15, 0.2) is 6.61 Å². The van der Waals surface area contributed by atoms with Crippen LogP contribution in [0.3, 0.4) is 0 Å². The van der Waals surface area contributed by atoms with Crippen molar-refractivity contribution >= 4 is 22.7 Å². The third kappa shape index (κ3) is 2.96. The van der Waals surface area contributed by atoms with Crippen LogP contribution in [0.25, 0.3) is 10.9 Å². The quantitative estimate of drug-likeness (QED) is 0.592. The van der Waals surface area contributed by atoms with Gasteiger partial charge in [-0.2, -0.15) is 0 Å². The van der Waals surface area contributed by atoms with Crippen molar-refractivity contribution in [2.75, 3.05) is 6.61 Å². The minimum absolute atomic E-state index is 0.271. The number of H-pyrrole nitrogens is 1. The second-order valence-electron chi connectivity index (χ2n) is 4.87. The molecule has 4 nitrogen and oxygen atoms in total. The summed E-state index contributed by atoms with van der Waals surface area (Å²) in [6.07, 6.45) is 1.47. The summed E-state index contributed by atoms with van der Waals surface area (Å²) in [7, 11) is 0. The van der Waals surface area contributed by atoms with Gasteiger partial charge in [-0.15, -0.1) is 0 Å². The molecule has 0 fully saturated rings. The Bertz CT molecular complexity index is 902. The molecule has 0 atom stereocenters. The summed E-state index contributed by atoms with van der Waals surface area (Å²) < 4.78 is 31.5. The van der Waals surface area contributed by atoms with Crippen LogP contribution in [0, 0.1) is 11.6 Å². The second-order valence-corrected chi connectivity index (χ2v) is 4.87. The molecule has 0 aliphatic carbocycles. The topological polar surface area (TPSA) is 59.2 Å². The van der Waals surface area contributed by atoms with E-state index < -0.39 is 35.6 Å². The number of ketones is 1. The predicted molar refractivity (Wildman–Crippen MR) is 79.3 cm³/mol. The van der Waals surface area contributed by atoms with E-state index in [4.69, 9.17) is 4.74 Å². The summed E-state index contributed by atoms with van der Waals surface area (Å²) in [5.41, 5.74) is 0.576. The number of carbonyl (C=O) groups excluding carboxylic acids is 2. The molecule has 116 valence electrons. The number of ether oxygens (including phenoxy) is 1. The first-order chi connectivity index (χ1) is 11.1. The maximum atomic E-state index is 13.5. The average Bonchev–Trinajstić information content (AvgIpc) is 2.98. The summed E-state index contributed by atoms with van der Waals surface area (Å²) in [6.45, 7) is -0.668. The van der Waals surface area contributed by atoms with Gasteiger partial charge < -0.3 is 9.72 Å². The van der Waals surface area contributed by atoms with E-state index in [1.807, 2.05) is 6.07 Å². The zero-order valence-electron chi connectivity index (χ0n) is 11.8. The summed E-state index contributed by atoms with van der Waals surface area (Å²) in [5.74, 6) is -3.12. The number of rotatable bonds is 4. The van der Waals surface area contributed by atoms with E-state index >= 15 is 0 Å². The van der Waals surface area contributed by atoms with Gasteiger partial charge in [0.1, 0.15) is 11.6 Å². The molecular formula is C17H11F2NO3. The summed E-state index contributed by atoms with van der Waals surface area (Å²) in [6, 6.07) is 9.63. The average molecular weight is 315 g/mol. The van der Waals surface area contributed by atoms with Crippen LogP contribution in [0.15, 0.2) is 48.7 Å². The molecule has 1 heterocycles. The van der Waals surface area contributed by atoms with Crippen LogP contribution in [-0.2, 0) is 4.74 Å². The molecule has 0 aliphatic heterocycles. The lowest BCUT2D eigenvalue weighted by Crippen LogP contribution is -2.15. The van der Waals surface area contributed by atoms with E-state index in [0.29, 0.717) is 5.39 Å². The lowest BCUT2D eigenvalue weighted by Gasteiger charge is -2.05. The lowest BCUT2D eigenvalue weighted by molar-refractivity contribution is 0.0475. The maximum absolute atomic E-state index is 13.5. The van der Waals surface area contributed by atoms with E-state index in [0.717, 1.165) is 23.7 Å². The first-order valence-electron chi connectivity index (χ1n) is 6.78. The van der Waals surface area contributed by atoms with E-state index in [1.54, 1.807) is 18.2 Å². The SMILES string of the molecule is O=C(COC(=O)c1c[nH]c2ccccc12)c1cc(F)ccc1F. The molecule has 0 radical (unpaired) electrons. The van der Waals surface area contributed by atoms with Gasteiger partial charge in [-0.3, -0.25) is 4.79 Å². The molecule has 6 heteroatoms. The first kappa shape index (κ1) is 14.9. The van der Waals surface area contributed by atoms with E-state index in [9.17, 15) is 18.4 Å². The highest BCUT2D eigenvalue weighted by Gasteiger charge is 2.18. The van der Waals surface area contributed by atoms with Crippen LogP contribution in [0.5, 0.6) is 0 Å². The van der Waals surface area contributed by atoms with Gasteiger partial charge >= 0.3 is 5.97 Å². The van der Waals surface area contributed by atoms with Crippen LogP contribution in [0.2, 0.25) is 0 Å². The van der Waals surface area contributed by atoms with Crippen LogP contribution < -0.4 is 0 Å². The van der Waals surface area contributed by atoms with Crippen molar-refractivity contribution in [2.45, 2.75) is 0 Å². The number of nitrogens with one attached hydrogen (secondary N) is 1. The van der Waals surface area contributed by atoms with E-state index in [1.165, 1.54) is 6.20 Å². The van der Waals surface area contributed by atoms with Gasteiger partial charge in [0, 0.05) is 17.1 Å². The number of aromatic nitrogens is 1. The third-order valence-electron chi connectivity index (χ3n) is 3.37. The minimum atomic E-state index is -0.862. The second kappa shape index (κ2) is 6.00. The molecule has 0 unspecified atom stereocenters. The zero-order chi connectivity index (χ0) is 16.4. The van der Waals surface area contributed by atoms with Crippen molar-refractivity contribution in [3.63, 3.8) is 0 Å². The fourth-order valence-corrected chi connectivity index (χ4v) is 2.24. The molecule has 0 saturated carbocycles. The minimum Gasteiger partial charge on any atom is -0.454 e. The van der Waals surface area contributed by atoms with Gasteiger partial charge in [-0.25, -0.2) is 13.6 Å². The Hall–Kier alpha value is -3.02. The highest BCUT2D eigenvalue weighted by atomic mass is 19.1. The van der Waals surface area contributed by atoms with E-state index in [2.05, 4.69) is 4.98 Å². The molecule has 0 spiro atoms. The van der Waals surface area contributed by atoms with E-state index in [-0.39, 0.29) is 5.56 Å². The Labute approximate surface area is 129 Å². The van der Waals surface area contributed by atoms with Gasteiger partial charge in [-0.1, -0.05) is 18.2 Å². The highest BCUT2D eigenvalue weighted by Crippen LogP contribution is 2.18. The third-order valence-corrected chi connectivity index (χ3v) is 3.37. The van der Waals surface area contributed by atoms with Crippen molar-refractivity contribution in [3.05, 3.63) is 71.4 Å². The molecule has 0 bridgehead atoms. The maximum Gasteiger partial charge on any atom is 0.340 e. The standard InChI is InChI=1S/C17H11F2NO3/c18-10-5-6-14(19)12(7-10)16(21)9-23-17(22)13-8-20-15-4-2-1-3-11(13)15/h1-8,20H,9H2. The van der Waals surface area contributed by atoms with Crippen LogP contribution in [0.1, 0.15) is 20.7 Å². The molecule has 3 aromatic rings. The molecule has 1 N–H and O–H groups in total. The number of esters is 1. The van der Waals surface area contributed by atoms with Crippen molar-refractivity contribution in [1.29, 1.82) is 0 Å². The summed E-state index contributed by atoms with van der Waals surface area (Å²) in [4.78, 5) is 26.8. The number of hydrogen-bond donors (Lipinski definition) is 1. The molecule has 1 aromatic heterocycles. The number of halogens is 2. The zero-order valence-corrected chi connectivity index (χ0v) is 11.8. The van der Waals surface area contributed by atoms with Crippen LogP contribution in [0.4, 0.5) is 8.78 Å². The predicted octanol–water partition coefficient (Wildman–Crippen LogP) is 3.49. The van der Waals surface area contributed by atoms with Gasteiger partial charge in [0.2, 0.25) is 5.78 Å². The van der Waals surface area contributed by atoms with Gasteiger partial charge in [0.05, 0.1) is 11.1 Å². The summed E-state index contributed by atoms with van der Waals surface area (Å²) in [5, 5.41) is 0.655. The molecule has 0 saturated heterocycles. The molecule has 2 aromatic carbocycles. The molecular weight excluding hydrogens is 304 g/mol. The Morgan fingerprint density at radius 3 is 2.65 bits per heavy atom. The number of Topliss-reactive ketones (excluding diaryl/α,β-unsaturated/α-hetero) is 1. The van der Waals surface area contributed by atoms with Crippen molar-refractivity contribution < 1.29 is 23.1 Å². The van der Waals surface area contributed by atoms with Crippen LogP contribution in [-0.4, -0.2) is 23.3 Å². The lowest BCUT2D eigenvalue weighted by atomic mass is 10.1. The summed E-state index contributed by atoms with van der Waals surface area (Å²) >= 11 is 0. The Morgan fingerprint density at radius 1 is 1.04 bits per heavy atom. The smallest absolute Gasteiger partial charge is 0.340 e. The van der Waals surface area contributed by atoms with Gasteiger partial charge in [0.25, 0.3) is 0 Å². The molecule has 0 aliphatic rings. The number of fused-ring (bicyclic) bond motifs is 1. The number of benzene rings is 2. The highest BCUT2D eigenvalue weighted by molar-refractivity contribution is 6.05. The Balaban J connectivity index is 1.74. The normalized spacial score (nSPS) is 10.7. The number of para-hydroxylation sites is 1. The monoisotopic (exact) mass is 315 g/mol. The van der Waals surface area contributed by atoms with Gasteiger partial charge in [-0.05, 0) is 24.3 Å². The Kier molecular flexibility index (Phi) is 3.89. The fourth-order valence-electron chi connectivity index (χ4n) is 2.24. The molecule has 0 amide bonds. The fraction of sp³-hybridized carbons (Fsp3) is 0.0588. The van der Waals surface area contributed by atoms with Crippen molar-refractivity contribution in [3.8, 4) is 0 Å². The molecule has 23 heavy (non-hydrogen) atoms. The largest absolute Gasteiger partial charge is 0.454 e. The van der Waals surface area contributed by atoms with Crippen LogP contribution >= 0.6 is 0 Å². The number of hydrogen-bond acceptors (Lipinski definition) is 3. The Morgan fingerprint density at radius 2 is 1.83 bits per heavy atom. The molecule has 3 rings (SSSR count). The number of carbonyl (C=O) groups is 2. The first-order valence-corrected chi connectivity index (χ1v) is 6.78. The van der Waals surface area contributed by atoms with Crippen molar-refractivity contribution in [2.24, 2.45) is 0 Å². The van der Waals surface area contributed by atoms with Crippen molar-refractivity contribution in [1.82, 2.24) is 4.98 Å².